The zero-order valence-electron chi connectivity index (χ0n) is 9.20. The molecule has 0 spiro atoms. The van der Waals surface area contributed by atoms with E-state index in [1.54, 1.807) is 0 Å². The van der Waals surface area contributed by atoms with Gasteiger partial charge in [0.25, 0.3) is 0 Å². The van der Waals surface area contributed by atoms with Gasteiger partial charge >= 0.3 is 0 Å². The molecular formula is C10H19N3. The Kier molecular flexibility index (Phi) is 2.74. The molecule has 0 unspecified atom stereocenters. The van der Waals surface area contributed by atoms with Crippen LogP contribution in [0.3, 0.4) is 0 Å². The van der Waals surface area contributed by atoms with Crippen LogP contribution in [0.15, 0.2) is 6.20 Å². The zero-order valence-corrected chi connectivity index (χ0v) is 9.20. The van der Waals surface area contributed by atoms with Crippen molar-refractivity contribution in [3.8, 4) is 0 Å². The molecule has 0 aliphatic carbocycles. The Morgan fingerprint density at radius 2 is 2.08 bits per heavy atom. The van der Waals surface area contributed by atoms with Gasteiger partial charge in [0.2, 0.25) is 0 Å². The third kappa shape index (κ3) is 2.54. The van der Waals surface area contributed by atoms with E-state index in [4.69, 9.17) is 0 Å². The van der Waals surface area contributed by atoms with Gasteiger partial charge in [-0.3, -0.25) is 0 Å². The Morgan fingerprint density at radius 3 is 2.46 bits per heavy atom. The largest absolute Gasteiger partial charge is 0.247 e. The third-order valence-corrected chi connectivity index (χ3v) is 2.14. The Hall–Kier alpha value is -0.860. The molecule has 3 nitrogen and oxygen atoms in total. The molecule has 0 aromatic carbocycles. The van der Waals surface area contributed by atoms with Gasteiger partial charge in [0.15, 0.2) is 0 Å². The van der Waals surface area contributed by atoms with E-state index >= 15 is 0 Å². The lowest BCUT2D eigenvalue weighted by Gasteiger charge is -2.26. The lowest BCUT2D eigenvalue weighted by Crippen LogP contribution is -2.28. The molecule has 13 heavy (non-hydrogen) atoms. The maximum absolute atomic E-state index is 4.11. The van der Waals surface area contributed by atoms with E-state index in [2.05, 4.69) is 38.0 Å². The van der Waals surface area contributed by atoms with Crippen LogP contribution in [0.5, 0.6) is 0 Å². The van der Waals surface area contributed by atoms with Crippen molar-refractivity contribution in [1.82, 2.24) is 15.0 Å². The first-order valence-electron chi connectivity index (χ1n) is 4.81. The van der Waals surface area contributed by atoms with Crippen LogP contribution in [0, 0.1) is 12.8 Å². The van der Waals surface area contributed by atoms with Crippen molar-refractivity contribution in [3.63, 3.8) is 0 Å². The van der Waals surface area contributed by atoms with E-state index < -0.39 is 0 Å². The molecule has 1 aromatic rings. The van der Waals surface area contributed by atoms with Crippen molar-refractivity contribution in [2.75, 3.05) is 0 Å². The van der Waals surface area contributed by atoms with Crippen molar-refractivity contribution in [2.24, 2.45) is 5.92 Å². The van der Waals surface area contributed by atoms with Gasteiger partial charge < -0.3 is 0 Å². The summed E-state index contributed by atoms with van der Waals surface area (Å²) in [6.07, 6.45) is 3.12. The average molecular weight is 181 g/mol. The number of rotatable bonds is 3. The molecule has 0 radical (unpaired) electrons. The van der Waals surface area contributed by atoms with Gasteiger partial charge in [0.05, 0.1) is 11.2 Å². The Labute approximate surface area is 80.1 Å². The van der Waals surface area contributed by atoms with Gasteiger partial charge in [-0.25, -0.2) is 4.68 Å². The highest BCUT2D eigenvalue weighted by Crippen LogP contribution is 2.23. The van der Waals surface area contributed by atoms with Crippen molar-refractivity contribution in [1.29, 1.82) is 0 Å². The molecule has 0 saturated carbocycles. The van der Waals surface area contributed by atoms with Crippen molar-refractivity contribution in [3.05, 3.63) is 11.9 Å². The molecule has 0 N–H and O–H groups in total. The topological polar surface area (TPSA) is 30.7 Å². The summed E-state index contributed by atoms with van der Waals surface area (Å²) in [6.45, 7) is 10.8. The highest BCUT2D eigenvalue weighted by molar-refractivity contribution is 4.91. The van der Waals surface area contributed by atoms with Crippen molar-refractivity contribution >= 4 is 0 Å². The molecule has 0 saturated heterocycles. The molecule has 0 bridgehead atoms. The van der Waals surface area contributed by atoms with E-state index in [0.29, 0.717) is 5.92 Å². The van der Waals surface area contributed by atoms with E-state index in [0.717, 1.165) is 12.1 Å². The first-order chi connectivity index (χ1) is 5.92. The second kappa shape index (κ2) is 3.48. The number of nitrogens with zero attached hydrogens (tertiary/aromatic N) is 3. The molecule has 0 amide bonds. The second-order valence-electron chi connectivity index (χ2n) is 4.71. The Morgan fingerprint density at radius 1 is 1.46 bits per heavy atom. The molecule has 0 aliphatic rings. The summed E-state index contributed by atoms with van der Waals surface area (Å²) in [5.74, 6) is 0.680. The van der Waals surface area contributed by atoms with Gasteiger partial charge in [-0.1, -0.05) is 19.1 Å². The third-order valence-electron chi connectivity index (χ3n) is 2.14. The average Bonchev–Trinajstić information content (AvgIpc) is 2.32. The number of aryl methyl sites for hydroxylation is 1. The fraction of sp³-hybridized carbons (Fsp3) is 0.800. The Balaban J connectivity index is 2.80. The summed E-state index contributed by atoms with van der Waals surface area (Å²) >= 11 is 0. The molecule has 0 atom stereocenters. The molecule has 1 heterocycles. The van der Waals surface area contributed by atoms with Crippen LogP contribution in [0.2, 0.25) is 0 Å². The lowest BCUT2D eigenvalue weighted by atomic mass is 9.93. The highest BCUT2D eigenvalue weighted by Gasteiger charge is 2.22. The van der Waals surface area contributed by atoms with E-state index in [9.17, 15) is 0 Å². The van der Waals surface area contributed by atoms with Gasteiger partial charge in [-0.15, -0.1) is 5.10 Å². The van der Waals surface area contributed by atoms with Gasteiger partial charge in [-0.2, -0.15) is 0 Å². The van der Waals surface area contributed by atoms with Gasteiger partial charge in [0.1, 0.15) is 0 Å². The number of hydrogen-bond donors (Lipinski definition) is 0. The molecule has 0 fully saturated rings. The molecule has 0 aliphatic heterocycles. The Bertz CT molecular complexity index is 273. The molecule has 1 rings (SSSR count). The first-order valence-corrected chi connectivity index (χ1v) is 4.81. The second-order valence-corrected chi connectivity index (χ2v) is 4.71. The molecular weight excluding hydrogens is 162 g/mol. The van der Waals surface area contributed by atoms with Crippen LogP contribution in [0.4, 0.5) is 0 Å². The minimum absolute atomic E-state index is 0.0788. The summed E-state index contributed by atoms with van der Waals surface area (Å²) in [4.78, 5) is 0. The monoisotopic (exact) mass is 181 g/mol. The fourth-order valence-corrected chi connectivity index (χ4v) is 1.74. The molecule has 1 aromatic heterocycles. The van der Waals surface area contributed by atoms with Crippen LogP contribution in [-0.4, -0.2) is 15.0 Å². The first kappa shape index (κ1) is 10.2. The SMILES string of the molecule is Cc1cn(C(C)(C)CC(C)C)nn1. The normalized spacial score (nSPS) is 12.5. The van der Waals surface area contributed by atoms with Crippen LogP contribution in [-0.2, 0) is 5.54 Å². The van der Waals surface area contributed by atoms with Crippen LogP contribution in [0.25, 0.3) is 0 Å². The lowest BCUT2D eigenvalue weighted by molar-refractivity contribution is 0.254. The molecule has 3 heteroatoms. The smallest absolute Gasteiger partial charge is 0.0796 e. The van der Waals surface area contributed by atoms with Gasteiger partial charge in [-0.05, 0) is 33.1 Å². The summed E-state index contributed by atoms with van der Waals surface area (Å²) in [7, 11) is 0. The standard InChI is InChI=1S/C10H19N3/c1-8(2)6-10(4,5)13-7-9(3)11-12-13/h7-8H,6H2,1-5H3. The maximum atomic E-state index is 4.11. The van der Waals surface area contributed by atoms with Gasteiger partial charge in [0, 0.05) is 6.20 Å². The minimum Gasteiger partial charge on any atom is -0.247 e. The predicted octanol–water partition coefficient (Wildman–Crippen LogP) is 2.37. The van der Waals surface area contributed by atoms with E-state index in [-0.39, 0.29) is 5.54 Å². The number of hydrogen-bond acceptors (Lipinski definition) is 2. The zero-order chi connectivity index (χ0) is 10.1. The summed E-state index contributed by atoms with van der Waals surface area (Å²) in [5, 5.41) is 8.11. The fourth-order valence-electron chi connectivity index (χ4n) is 1.74. The predicted molar refractivity (Wildman–Crippen MR) is 53.5 cm³/mol. The van der Waals surface area contributed by atoms with Crippen molar-refractivity contribution < 1.29 is 0 Å². The van der Waals surface area contributed by atoms with E-state index in [1.165, 1.54) is 0 Å². The summed E-state index contributed by atoms with van der Waals surface area (Å²) in [6, 6.07) is 0. The van der Waals surface area contributed by atoms with Crippen LogP contribution in [0.1, 0.15) is 39.8 Å². The van der Waals surface area contributed by atoms with Crippen molar-refractivity contribution in [2.45, 2.75) is 46.6 Å². The van der Waals surface area contributed by atoms with Crippen LogP contribution < -0.4 is 0 Å². The quantitative estimate of drug-likeness (QED) is 0.716. The number of aromatic nitrogens is 3. The summed E-state index contributed by atoms with van der Waals surface area (Å²) in [5.41, 5.74) is 1.06. The molecule has 74 valence electrons. The summed E-state index contributed by atoms with van der Waals surface area (Å²) < 4.78 is 1.96. The highest BCUT2D eigenvalue weighted by atomic mass is 15.4. The minimum atomic E-state index is 0.0788. The maximum Gasteiger partial charge on any atom is 0.0796 e. The van der Waals surface area contributed by atoms with Crippen LogP contribution >= 0.6 is 0 Å². The van der Waals surface area contributed by atoms with E-state index in [1.807, 2.05) is 17.8 Å².